The summed E-state index contributed by atoms with van der Waals surface area (Å²) in [7, 11) is -2.34. The van der Waals surface area contributed by atoms with Crippen LogP contribution in [0.3, 0.4) is 0 Å². The van der Waals surface area contributed by atoms with Gasteiger partial charge in [-0.25, -0.2) is 4.98 Å². The van der Waals surface area contributed by atoms with Gasteiger partial charge in [-0.2, -0.15) is 10.6 Å². The largest absolute Gasteiger partial charge is 0.486 e. The van der Waals surface area contributed by atoms with Crippen molar-refractivity contribution >= 4 is 45.3 Å². The molecule has 3 N–H and O–H groups in total. The number of nitrogens with zero attached hydrogens (tertiary/aromatic N) is 2. The highest BCUT2D eigenvalue weighted by Gasteiger charge is 2.23. The molecule has 0 saturated carbocycles. The van der Waals surface area contributed by atoms with Crippen LogP contribution in [0.2, 0.25) is 4.34 Å². The van der Waals surface area contributed by atoms with Crippen LogP contribution in [0.4, 0.5) is 0 Å². The molecule has 0 atom stereocenters. The number of hydrogen-bond donors (Lipinski definition) is 3. The standard InChI is InChI=1S/C25H28ClN3O4S2/c26-23-15-28-24(34-23)16-33-22-5-8-29(25(30)13-22)21-4-3-18-11-17(1-2-19(18)12-21)14-27-20-6-9-35(31,32)10-7-20/h1-2,5,8,11-13,15,20,27,31-32H,3-4,6-7,9-10,14,16H2. The van der Waals surface area contributed by atoms with Crippen LogP contribution in [-0.2, 0) is 19.6 Å². The molecule has 0 amide bonds. The fourth-order valence-electron chi connectivity index (χ4n) is 4.49. The van der Waals surface area contributed by atoms with E-state index in [9.17, 15) is 13.9 Å². The molecule has 0 radical (unpaired) electrons. The number of fused-ring (bicyclic) bond motifs is 1. The summed E-state index contributed by atoms with van der Waals surface area (Å²) >= 11 is 7.26. The Labute approximate surface area is 214 Å². The maximum atomic E-state index is 12.8. The lowest BCUT2D eigenvalue weighted by atomic mass is 9.93. The van der Waals surface area contributed by atoms with Gasteiger partial charge < -0.3 is 10.1 Å². The Kier molecular flexibility index (Phi) is 7.34. The zero-order valence-corrected chi connectivity index (χ0v) is 21.5. The van der Waals surface area contributed by atoms with Crippen LogP contribution in [0.15, 0.2) is 47.5 Å². The second kappa shape index (κ2) is 10.5. The fraction of sp³-hybridized carbons (Fsp3) is 0.360. The van der Waals surface area contributed by atoms with Crippen LogP contribution >= 0.6 is 33.5 Å². The monoisotopic (exact) mass is 533 g/mol. The third kappa shape index (κ3) is 6.17. The fourth-order valence-corrected chi connectivity index (χ4v) is 6.89. The van der Waals surface area contributed by atoms with Crippen molar-refractivity contribution in [2.75, 3.05) is 11.5 Å². The van der Waals surface area contributed by atoms with E-state index in [2.05, 4.69) is 34.6 Å². The van der Waals surface area contributed by atoms with E-state index in [1.807, 2.05) is 0 Å². The van der Waals surface area contributed by atoms with Crippen LogP contribution < -0.4 is 15.6 Å². The molecular formula is C25H28ClN3O4S2. The Morgan fingerprint density at radius 3 is 2.77 bits per heavy atom. The first kappa shape index (κ1) is 24.5. The molecule has 3 heterocycles. The molecule has 3 aromatic rings. The molecule has 0 unspecified atom stereocenters. The number of allylic oxidation sites excluding steroid dienone is 1. The first-order valence-electron chi connectivity index (χ1n) is 11.6. The van der Waals surface area contributed by atoms with Crippen molar-refractivity contribution in [3.63, 3.8) is 0 Å². The van der Waals surface area contributed by atoms with Gasteiger partial charge in [0.15, 0.2) is 0 Å². The zero-order valence-electron chi connectivity index (χ0n) is 19.2. The Hall–Kier alpha value is -2.14. The normalized spacial score (nSPS) is 18.5. The van der Waals surface area contributed by atoms with Crippen LogP contribution in [0.5, 0.6) is 5.75 Å². The van der Waals surface area contributed by atoms with Gasteiger partial charge in [-0.3, -0.25) is 18.5 Å². The van der Waals surface area contributed by atoms with Crippen LogP contribution in [0.1, 0.15) is 41.0 Å². The van der Waals surface area contributed by atoms with Crippen molar-refractivity contribution in [2.24, 2.45) is 0 Å². The lowest BCUT2D eigenvalue weighted by Crippen LogP contribution is -2.35. The Balaban J connectivity index is 1.22. The van der Waals surface area contributed by atoms with Crippen LogP contribution in [-0.4, -0.2) is 36.2 Å². The molecule has 35 heavy (non-hydrogen) atoms. The second-order valence-electron chi connectivity index (χ2n) is 8.95. The maximum Gasteiger partial charge on any atom is 0.258 e. The van der Waals surface area contributed by atoms with Gasteiger partial charge in [0.25, 0.3) is 5.56 Å². The number of aryl methyl sites for hydroxylation is 1. The van der Waals surface area contributed by atoms with E-state index in [-0.39, 0.29) is 12.2 Å². The van der Waals surface area contributed by atoms with Crippen molar-refractivity contribution in [3.8, 4) is 5.75 Å². The van der Waals surface area contributed by atoms with Gasteiger partial charge in [0.2, 0.25) is 0 Å². The van der Waals surface area contributed by atoms with E-state index in [1.165, 1.54) is 28.5 Å². The summed E-state index contributed by atoms with van der Waals surface area (Å²) in [6, 6.07) is 10.1. The predicted octanol–water partition coefficient (Wildman–Crippen LogP) is 5.48. The number of pyridine rings is 1. The van der Waals surface area contributed by atoms with E-state index < -0.39 is 10.6 Å². The molecule has 7 nitrogen and oxygen atoms in total. The minimum absolute atomic E-state index is 0.126. The molecule has 0 bridgehead atoms. The molecule has 1 saturated heterocycles. The van der Waals surface area contributed by atoms with Gasteiger partial charge in [0.1, 0.15) is 21.7 Å². The summed E-state index contributed by atoms with van der Waals surface area (Å²) < 4.78 is 27.6. The third-order valence-corrected chi connectivity index (χ3v) is 9.32. The highest BCUT2D eigenvalue weighted by atomic mass is 35.5. The van der Waals surface area contributed by atoms with Gasteiger partial charge >= 0.3 is 0 Å². The van der Waals surface area contributed by atoms with Crippen LogP contribution in [0.25, 0.3) is 11.8 Å². The third-order valence-electron chi connectivity index (χ3n) is 6.45. The lowest BCUT2D eigenvalue weighted by molar-refractivity contribution is 0.304. The highest BCUT2D eigenvalue weighted by Crippen LogP contribution is 2.43. The number of aromatic nitrogens is 2. The molecule has 1 aromatic carbocycles. The molecule has 2 aromatic heterocycles. The molecule has 10 heteroatoms. The average molecular weight is 534 g/mol. The average Bonchev–Trinajstić information content (AvgIpc) is 3.27. The van der Waals surface area contributed by atoms with Gasteiger partial charge in [0.05, 0.1) is 6.20 Å². The Bertz CT molecular complexity index is 1290. The summed E-state index contributed by atoms with van der Waals surface area (Å²) in [4.78, 5) is 16.9. The molecule has 1 fully saturated rings. The quantitative estimate of drug-likeness (QED) is 0.372. The van der Waals surface area contributed by atoms with Crippen molar-refractivity contribution in [1.82, 2.24) is 14.9 Å². The number of benzene rings is 1. The van der Waals surface area contributed by atoms with E-state index in [0.717, 1.165) is 48.5 Å². The molecule has 2 aliphatic rings. The number of rotatable bonds is 7. The first-order chi connectivity index (χ1) is 16.8. The van der Waals surface area contributed by atoms with Gasteiger partial charge in [-0.05, 0) is 54.5 Å². The van der Waals surface area contributed by atoms with Crippen LogP contribution in [0, 0.1) is 0 Å². The topological polar surface area (TPSA) is 96.6 Å². The summed E-state index contributed by atoms with van der Waals surface area (Å²) in [6.45, 7) is 1.04. The predicted molar refractivity (Wildman–Crippen MR) is 144 cm³/mol. The summed E-state index contributed by atoms with van der Waals surface area (Å²) in [5, 5.41) is 4.32. The van der Waals surface area contributed by atoms with E-state index in [0.29, 0.717) is 27.6 Å². The molecule has 0 spiro atoms. The molecule has 5 rings (SSSR count). The summed E-state index contributed by atoms with van der Waals surface area (Å²) in [5.41, 5.74) is 4.47. The maximum absolute atomic E-state index is 12.8. The minimum atomic E-state index is -2.34. The number of halogens is 1. The molecule has 186 valence electrons. The lowest BCUT2D eigenvalue weighted by Gasteiger charge is -2.39. The van der Waals surface area contributed by atoms with Crippen molar-refractivity contribution in [2.45, 2.75) is 44.9 Å². The van der Waals surface area contributed by atoms with Gasteiger partial charge in [0, 0.05) is 42.1 Å². The number of ether oxygens (including phenoxy) is 1. The molecule has 1 aliphatic carbocycles. The Morgan fingerprint density at radius 2 is 2.03 bits per heavy atom. The van der Waals surface area contributed by atoms with Gasteiger partial charge in [-0.15, -0.1) is 11.3 Å². The number of hydrogen-bond acceptors (Lipinski definition) is 7. The van der Waals surface area contributed by atoms with E-state index in [4.69, 9.17) is 16.3 Å². The molecular weight excluding hydrogens is 506 g/mol. The highest BCUT2D eigenvalue weighted by molar-refractivity contribution is 8.24. The number of nitrogens with one attached hydrogen (secondary N) is 1. The molecule has 1 aliphatic heterocycles. The summed E-state index contributed by atoms with van der Waals surface area (Å²) in [5.74, 6) is 1.50. The first-order valence-corrected chi connectivity index (χ1v) is 14.7. The second-order valence-corrected chi connectivity index (χ2v) is 13.1. The minimum Gasteiger partial charge on any atom is -0.486 e. The van der Waals surface area contributed by atoms with E-state index >= 15 is 0 Å². The SMILES string of the molecule is O=c1cc(OCc2ncc(Cl)s2)ccn1C1=Cc2ccc(CNC3CCS(O)(O)CC3)cc2CC1. The Morgan fingerprint density at radius 1 is 1.20 bits per heavy atom. The van der Waals surface area contributed by atoms with Crippen molar-refractivity contribution in [1.29, 1.82) is 0 Å². The summed E-state index contributed by atoms with van der Waals surface area (Å²) in [6.07, 6.45) is 8.69. The zero-order chi connectivity index (χ0) is 24.4. The smallest absolute Gasteiger partial charge is 0.258 e. The van der Waals surface area contributed by atoms with E-state index in [1.54, 1.807) is 23.0 Å². The van der Waals surface area contributed by atoms with Crippen molar-refractivity contribution < 1.29 is 13.8 Å². The van der Waals surface area contributed by atoms with Gasteiger partial charge in [-0.1, -0.05) is 29.8 Å². The number of thiazole rings is 1. The van der Waals surface area contributed by atoms with Crippen molar-refractivity contribution in [3.05, 3.63) is 79.1 Å².